The number of amides is 2. The Balaban J connectivity index is 1.90. The molecule has 2 rings (SSSR count). The molecule has 0 aliphatic rings. The second-order valence-electron chi connectivity index (χ2n) is 5.57. The lowest BCUT2D eigenvalue weighted by Gasteiger charge is -2.13. The van der Waals surface area contributed by atoms with E-state index in [4.69, 9.17) is 21.7 Å². The van der Waals surface area contributed by atoms with Crippen LogP contribution >= 0.6 is 12.2 Å². The van der Waals surface area contributed by atoms with Gasteiger partial charge in [0.1, 0.15) is 12.4 Å². The van der Waals surface area contributed by atoms with Crippen LogP contribution < -0.4 is 20.9 Å². The zero-order valence-corrected chi connectivity index (χ0v) is 15.9. The van der Waals surface area contributed by atoms with Crippen molar-refractivity contribution in [1.82, 2.24) is 16.2 Å². The molecule has 0 aliphatic carbocycles. The van der Waals surface area contributed by atoms with E-state index in [1.54, 1.807) is 49.6 Å². The molecule has 0 radical (unpaired) electrons. The molecule has 0 heterocycles. The number of para-hydroxylation sites is 1. The highest BCUT2D eigenvalue weighted by molar-refractivity contribution is 7.80. The number of benzene rings is 2. The topological polar surface area (TPSA) is 88.7 Å². The SMILES string of the molecule is COCCOc1ccccc1C(=O)NC(=S)NNC(=O)c1cccc(C)c1. The van der Waals surface area contributed by atoms with Crippen molar-refractivity contribution >= 4 is 29.1 Å². The van der Waals surface area contributed by atoms with E-state index in [0.717, 1.165) is 5.56 Å². The van der Waals surface area contributed by atoms with Crippen molar-refractivity contribution in [1.29, 1.82) is 0 Å². The molecule has 2 amide bonds. The molecule has 0 spiro atoms. The quantitative estimate of drug-likeness (QED) is 0.399. The lowest BCUT2D eigenvalue weighted by atomic mass is 10.1. The van der Waals surface area contributed by atoms with Crippen molar-refractivity contribution in [2.45, 2.75) is 6.92 Å². The third-order valence-electron chi connectivity index (χ3n) is 3.47. The summed E-state index contributed by atoms with van der Waals surface area (Å²) < 4.78 is 10.5. The molecular formula is C19H21N3O4S. The number of carbonyl (C=O) groups is 2. The predicted octanol–water partition coefficient (Wildman–Crippen LogP) is 1.97. The van der Waals surface area contributed by atoms with Crippen molar-refractivity contribution in [2.24, 2.45) is 0 Å². The highest BCUT2D eigenvalue weighted by atomic mass is 32.1. The number of hydrogen-bond acceptors (Lipinski definition) is 5. The Kier molecular flexibility index (Phi) is 7.72. The Bertz CT molecular complexity index is 826. The number of methoxy groups -OCH3 is 1. The molecule has 8 heteroatoms. The molecule has 0 fully saturated rings. The zero-order valence-electron chi connectivity index (χ0n) is 15.1. The fourth-order valence-corrected chi connectivity index (χ4v) is 2.33. The fourth-order valence-electron chi connectivity index (χ4n) is 2.19. The van der Waals surface area contributed by atoms with Gasteiger partial charge in [-0.05, 0) is 43.4 Å². The average molecular weight is 387 g/mol. The summed E-state index contributed by atoms with van der Waals surface area (Å²) in [5.41, 5.74) is 6.72. The van der Waals surface area contributed by atoms with Crippen molar-refractivity contribution in [3.63, 3.8) is 0 Å². The van der Waals surface area contributed by atoms with Crippen LogP contribution in [0.3, 0.4) is 0 Å². The number of hydrazine groups is 1. The zero-order chi connectivity index (χ0) is 19.6. The lowest BCUT2D eigenvalue weighted by Crippen LogP contribution is -2.48. The number of hydrogen-bond donors (Lipinski definition) is 3. The average Bonchev–Trinajstić information content (AvgIpc) is 2.66. The summed E-state index contributed by atoms with van der Waals surface area (Å²) in [6.45, 7) is 2.61. The Labute approximate surface area is 163 Å². The summed E-state index contributed by atoms with van der Waals surface area (Å²) in [6.07, 6.45) is 0. The molecular weight excluding hydrogens is 366 g/mol. The maximum Gasteiger partial charge on any atom is 0.269 e. The number of nitrogens with one attached hydrogen (secondary N) is 3. The first-order valence-corrected chi connectivity index (χ1v) is 8.61. The molecule has 0 saturated carbocycles. The highest BCUT2D eigenvalue weighted by Gasteiger charge is 2.14. The number of aryl methyl sites for hydroxylation is 1. The van der Waals surface area contributed by atoms with Crippen LogP contribution in [0.5, 0.6) is 5.75 Å². The Morgan fingerprint density at radius 1 is 1.00 bits per heavy atom. The number of thiocarbonyl (C=S) groups is 1. The van der Waals surface area contributed by atoms with Gasteiger partial charge in [-0.3, -0.25) is 25.8 Å². The maximum absolute atomic E-state index is 12.4. The normalized spacial score (nSPS) is 10.0. The number of carbonyl (C=O) groups excluding carboxylic acids is 2. The van der Waals surface area contributed by atoms with Gasteiger partial charge in [0.25, 0.3) is 11.8 Å². The molecule has 7 nitrogen and oxygen atoms in total. The third-order valence-corrected chi connectivity index (χ3v) is 3.68. The van der Waals surface area contributed by atoms with Crippen LogP contribution in [0.1, 0.15) is 26.3 Å². The van der Waals surface area contributed by atoms with E-state index in [1.807, 2.05) is 13.0 Å². The van der Waals surface area contributed by atoms with E-state index in [1.165, 1.54) is 0 Å². The monoisotopic (exact) mass is 387 g/mol. The van der Waals surface area contributed by atoms with Crippen LogP contribution in [0.15, 0.2) is 48.5 Å². The van der Waals surface area contributed by atoms with E-state index >= 15 is 0 Å². The standard InChI is InChI=1S/C19H21N3O4S/c1-13-6-5-7-14(12-13)17(23)21-22-19(27)20-18(24)15-8-3-4-9-16(15)26-11-10-25-2/h3-9,12H,10-11H2,1-2H3,(H,21,23)(H2,20,22,24,27). The molecule has 0 atom stereocenters. The molecule has 142 valence electrons. The minimum atomic E-state index is -0.453. The molecule has 0 aliphatic heterocycles. The Morgan fingerprint density at radius 3 is 2.52 bits per heavy atom. The predicted molar refractivity (Wildman–Crippen MR) is 106 cm³/mol. The molecule has 0 saturated heterocycles. The van der Waals surface area contributed by atoms with Gasteiger partial charge in [0.2, 0.25) is 0 Å². The summed E-state index contributed by atoms with van der Waals surface area (Å²) in [4.78, 5) is 24.5. The van der Waals surface area contributed by atoms with Gasteiger partial charge < -0.3 is 9.47 Å². The van der Waals surface area contributed by atoms with Gasteiger partial charge in [0.05, 0.1) is 12.2 Å². The van der Waals surface area contributed by atoms with E-state index in [9.17, 15) is 9.59 Å². The maximum atomic E-state index is 12.4. The summed E-state index contributed by atoms with van der Waals surface area (Å²) in [6, 6.07) is 13.9. The summed E-state index contributed by atoms with van der Waals surface area (Å²) >= 11 is 5.06. The van der Waals surface area contributed by atoms with Gasteiger partial charge >= 0.3 is 0 Å². The van der Waals surface area contributed by atoms with Crippen LogP contribution in [-0.2, 0) is 4.74 Å². The van der Waals surface area contributed by atoms with E-state index in [-0.39, 0.29) is 11.0 Å². The third kappa shape index (κ3) is 6.36. The first kappa shape index (κ1) is 20.3. The molecule has 3 N–H and O–H groups in total. The smallest absolute Gasteiger partial charge is 0.269 e. The summed E-state index contributed by atoms with van der Waals surface area (Å²) in [7, 11) is 1.57. The van der Waals surface area contributed by atoms with Gasteiger partial charge in [-0.25, -0.2) is 0 Å². The second kappa shape index (κ2) is 10.2. The van der Waals surface area contributed by atoms with Gasteiger partial charge in [0.15, 0.2) is 5.11 Å². The largest absolute Gasteiger partial charge is 0.490 e. The number of ether oxygens (including phenoxy) is 2. The van der Waals surface area contributed by atoms with Crippen molar-refractivity contribution < 1.29 is 19.1 Å². The van der Waals surface area contributed by atoms with E-state index in [2.05, 4.69) is 16.2 Å². The first-order valence-electron chi connectivity index (χ1n) is 8.20. The number of rotatable bonds is 6. The van der Waals surface area contributed by atoms with Crippen LogP contribution in [0.2, 0.25) is 0 Å². The minimum absolute atomic E-state index is 0.0345. The summed E-state index contributed by atoms with van der Waals surface area (Å²) in [5, 5.41) is 2.47. The van der Waals surface area contributed by atoms with Crippen molar-refractivity contribution in [3.8, 4) is 5.75 Å². The molecule has 2 aromatic carbocycles. The molecule has 0 unspecified atom stereocenters. The van der Waals surface area contributed by atoms with Crippen molar-refractivity contribution in [2.75, 3.05) is 20.3 Å². The van der Waals surface area contributed by atoms with Crippen LogP contribution in [0, 0.1) is 6.92 Å². The molecule has 27 heavy (non-hydrogen) atoms. The van der Waals surface area contributed by atoms with E-state index < -0.39 is 5.91 Å². The van der Waals surface area contributed by atoms with Gasteiger partial charge in [0, 0.05) is 12.7 Å². The minimum Gasteiger partial charge on any atom is -0.490 e. The van der Waals surface area contributed by atoms with E-state index in [0.29, 0.717) is 30.1 Å². The second-order valence-corrected chi connectivity index (χ2v) is 5.98. The summed E-state index contributed by atoms with van der Waals surface area (Å²) in [5.74, 6) is -0.400. The lowest BCUT2D eigenvalue weighted by molar-refractivity contribution is 0.0933. The Hall–Kier alpha value is -2.97. The Morgan fingerprint density at radius 2 is 1.78 bits per heavy atom. The van der Waals surface area contributed by atoms with Crippen LogP contribution in [-0.4, -0.2) is 37.3 Å². The van der Waals surface area contributed by atoms with Crippen LogP contribution in [0.25, 0.3) is 0 Å². The van der Waals surface area contributed by atoms with Crippen molar-refractivity contribution in [3.05, 3.63) is 65.2 Å². The highest BCUT2D eigenvalue weighted by Crippen LogP contribution is 2.17. The van der Waals surface area contributed by atoms with Gasteiger partial charge in [-0.15, -0.1) is 0 Å². The first-order chi connectivity index (χ1) is 13.0. The van der Waals surface area contributed by atoms with Gasteiger partial charge in [-0.2, -0.15) is 0 Å². The fraction of sp³-hybridized carbons (Fsp3) is 0.211. The molecule has 2 aromatic rings. The molecule has 0 aromatic heterocycles. The van der Waals surface area contributed by atoms with Gasteiger partial charge in [-0.1, -0.05) is 29.8 Å². The molecule has 0 bridgehead atoms. The van der Waals surface area contributed by atoms with Crippen LogP contribution in [0.4, 0.5) is 0 Å².